The van der Waals surface area contributed by atoms with Gasteiger partial charge in [-0.3, -0.25) is 5.10 Å². The number of rotatable bonds is 7. The van der Waals surface area contributed by atoms with Gasteiger partial charge in [0.25, 0.3) is 0 Å². The predicted octanol–water partition coefficient (Wildman–Crippen LogP) is 2.92. The zero-order valence-electron chi connectivity index (χ0n) is 15.4. The minimum Gasteiger partial charge on any atom is -0.464 e. The summed E-state index contributed by atoms with van der Waals surface area (Å²) in [5, 5.41) is 7.45. The van der Waals surface area contributed by atoms with Gasteiger partial charge in [-0.2, -0.15) is 5.10 Å². The van der Waals surface area contributed by atoms with E-state index in [1.54, 1.807) is 6.20 Å². The second-order valence-electron chi connectivity index (χ2n) is 7.24. The zero-order valence-corrected chi connectivity index (χ0v) is 16.4. The molecule has 0 aliphatic carbocycles. The summed E-state index contributed by atoms with van der Waals surface area (Å²) >= 11 is 0. The van der Waals surface area contributed by atoms with Crippen LogP contribution in [-0.2, 0) is 16.2 Å². The van der Waals surface area contributed by atoms with Crippen LogP contribution in [0.3, 0.4) is 0 Å². The van der Waals surface area contributed by atoms with E-state index in [9.17, 15) is 4.79 Å². The minimum absolute atomic E-state index is 0.270. The van der Waals surface area contributed by atoms with Crippen molar-refractivity contribution in [3.05, 3.63) is 30.5 Å². The first-order chi connectivity index (χ1) is 12.4. The number of esters is 1. The molecule has 3 rings (SSSR count). The minimum atomic E-state index is -1.11. The molecule has 0 fully saturated rings. The van der Waals surface area contributed by atoms with E-state index >= 15 is 0 Å². The summed E-state index contributed by atoms with van der Waals surface area (Å²) < 4.78 is 12.5. The Labute approximate surface area is 152 Å². The number of aromatic nitrogens is 5. The van der Waals surface area contributed by atoms with Gasteiger partial charge >= 0.3 is 5.97 Å². The number of methoxy groups -OCH3 is 1. The Bertz CT molecular complexity index is 913. The van der Waals surface area contributed by atoms with E-state index in [1.165, 1.54) is 13.4 Å². The molecule has 1 N–H and O–H groups in total. The quantitative estimate of drug-likeness (QED) is 0.389. The molecule has 0 aliphatic rings. The van der Waals surface area contributed by atoms with Gasteiger partial charge in [0.1, 0.15) is 18.7 Å². The Balaban J connectivity index is 1.86. The van der Waals surface area contributed by atoms with Gasteiger partial charge in [0.2, 0.25) is 0 Å². The second kappa shape index (κ2) is 7.38. The number of carbonyl (C=O) groups is 1. The molecule has 0 aromatic carbocycles. The molecule has 0 amide bonds. The predicted molar refractivity (Wildman–Crippen MR) is 101 cm³/mol. The molecule has 3 aromatic rings. The van der Waals surface area contributed by atoms with Crippen molar-refractivity contribution in [3.63, 3.8) is 0 Å². The largest absolute Gasteiger partial charge is 0.464 e. The lowest BCUT2D eigenvalue weighted by Crippen LogP contribution is -2.22. The molecule has 26 heavy (non-hydrogen) atoms. The highest BCUT2D eigenvalue weighted by molar-refractivity contribution is 6.76. The zero-order chi connectivity index (χ0) is 18.7. The molecule has 3 aromatic heterocycles. The highest BCUT2D eigenvalue weighted by Crippen LogP contribution is 2.28. The van der Waals surface area contributed by atoms with Crippen molar-refractivity contribution in [1.29, 1.82) is 0 Å². The molecule has 0 bridgehead atoms. The van der Waals surface area contributed by atoms with E-state index in [-0.39, 0.29) is 5.69 Å². The highest BCUT2D eigenvalue weighted by atomic mass is 28.3. The highest BCUT2D eigenvalue weighted by Gasteiger charge is 2.20. The number of ether oxygens (including phenoxy) is 2. The molecular formula is C17H23N5O3Si. The molecule has 0 atom stereocenters. The van der Waals surface area contributed by atoms with Crippen molar-refractivity contribution >= 4 is 25.1 Å². The molecule has 0 unspecified atom stereocenters. The van der Waals surface area contributed by atoms with Crippen molar-refractivity contribution in [1.82, 2.24) is 24.7 Å². The molecule has 8 nitrogen and oxygen atoms in total. The molecule has 9 heteroatoms. The van der Waals surface area contributed by atoms with E-state index in [2.05, 4.69) is 39.8 Å². The summed E-state index contributed by atoms with van der Waals surface area (Å²) in [6.07, 6.45) is 4.95. The molecule has 0 radical (unpaired) electrons. The van der Waals surface area contributed by atoms with Crippen LogP contribution >= 0.6 is 0 Å². The van der Waals surface area contributed by atoms with E-state index in [1.807, 2.05) is 16.8 Å². The maximum Gasteiger partial charge on any atom is 0.356 e. The Morgan fingerprint density at radius 2 is 2.12 bits per heavy atom. The third kappa shape index (κ3) is 3.83. The van der Waals surface area contributed by atoms with Crippen LogP contribution in [0.25, 0.3) is 22.3 Å². The lowest BCUT2D eigenvalue weighted by atomic mass is 10.1. The summed E-state index contributed by atoms with van der Waals surface area (Å²) in [5.74, 6) is -0.488. The normalized spacial score (nSPS) is 11.8. The summed E-state index contributed by atoms with van der Waals surface area (Å²) in [7, 11) is 0.217. The van der Waals surface area contributed by atoms with Gasteiger partial charge in [-0.1, -0.05) is 19.6 Å². The molecule has 0 saturated heterocycles. The fourth-order valence-corrected chi connectivity index (χ4v) is 3.34. The third-order valence-corrected chi connectivity index (χ3v) is 5.77. The number of fused-ring (bicyclic) bond motifs is 1. The number of hydrogen-bond donors (Lipinski definition) is 1. The summed E-state index contributed by atoms with van der Waals surface area (Å²) in [4.78, 5) is 20.6. The maximum atomic E-state index is 11.9. The van der Waals surface area contributed by atoms with Crippen LogP contribution in [0.5, 0.6) is 0 Å². The van der Waals surface area contributed by atoms with Gasteiger partial charge in [0, 0.05) is 26.3 Å². The summed E-state index contributed by atoms with van der Waals surface area (Å²) in [6, 6.07) is 3.03. The lowest BCUT2D eigenvalue weighted by Gasteiger charge is -2.15. The van der Waals surface area contributed by atoms with Crippen LogP contribution in [-0.4, -0.2) is 52.5 Å². The first kappa shape index (κ1) is 18.3. The number of H-pyrrole nitrogens is 1. The van der Waals surface area contributed by atoms with Crippen LogP contribution in [0.4, 0.5) is 0 Å². The topological polar surface area (TPSA) is 94.9 Å². The molecule has 0 aliphatic heterocycles. The fourth-order valence-electron chi connectivity index (χ4n) is 2.59. The van der Waals surface area contributed by atoms with Gasteiger partial charge in [0.05, 0.1) is 24.6 Å². The number of nitrogens with zero attached hydrogens (tertiary/aromatic N) is 4. The van der Waals surface area contributed by atoms with Crippen molar-refractivity contribution < 1.29 is 14.3 Å². The number of carbonyl (C=O) groups excluding carboxylic acids is 1. The fraction of sp³-hybridized carbons (Fsp3) is 0.412. The standard InChI is InChI=1S/C17H23N5O3Si/c1-24-17(23)15-13(9-20-21-15)14-12-5-6-22(16(12)19-10-18-14)11-25-7-8-26(2,3)4/h5-6,9-10H,7-8,11H2,1-4H3,(H,20,21). The Hall–Kier alpha value is -2.52. The van der Waals surface area contributed by atoms with Gasteiger partial charge in [-0.25, -0.2) is 14.8 Å². The first-order valence-corrected chi connectivity index (χ1v) is 12.1. The average molecular weight is 373 g/mol. The van der Waals surface area contributed by atoms with Crippen molar-refractivity contribution in [3.8, 4) is 11.3 Å². The lowest BCUT2D eigenvalue weighted by molar-refractivity contribution is 0.0595. The molecule has 0 spiro atoms. The third-order valence-electron chi connectivity index (χ3n) is 4.07. The Kier molecular flexibility index (Phi) is 5.19. The monoisotopic (exact) mass is 373 g/mol. The number of nitrogens with one attached hydrogen (secondary N) is 1. The van der Waals surface area contributed by atoms with Gasteiger partial charge < -0.3 is 14.0 Å². The van der Waals surface area contributed by atoms with Crippen LogP contribution in [0.1, 0.15) is 10.5 Å². The van der Waals surface area contributed by atoms with Crippen molar-refractivity contribution in [2.75, 3.05) is 13.7 Å². The van der Waals surface area contributed by atoms with E-state index in [0.29, 0.717) is 18.0 Å². The van der Waals surface area contributed by atoms with Gasteiger partial charge in [0.15, 0.2) is 5.69 Å². The molecule has 3 heterocycles. The number of hydrogen-bond acceptors (Lipinski definition) is 6. The average Bonchev–Trinajstić information content (AvgIpc) is 3.24. The Morgan fingerprint density at radius 3 is 2.85 bits per heavy atom. The van der Waals surface area contributed by atoms with E-state index in [4.69, 9.17) is 9.47 Å². The van der Waals surface area contributed by atoms with Crippen LogP contribution < -0.4 is 0 Å². The van der Waals surface area contributed by atoms with Gasteiger partial charge in [-0.15, -0.1) is 0 Å². The van der Waals surface area contributed by atoms with E-state index in [0.717, 1.165) is 23.7 Å². The van der Waals surface area contributed by atoms with Crippen LogP contribution in [0.2, 0.25) is 25.7 Å². The number of aromatic amines is 1. The second-order valence-corrected chi connectivity index (χ2v) is 12.9. The first-order valence-electron chi connectivity index (χ1n) is 8.40. The molecule has 138 valence electrons. The van der Waals surface area contributed by atoms with Crippen LogP contribution in [0.15, 0.2) is 24.8 Å². The van der Waals surface area contributed by atoms with Crippen molar-refractivity contribution in [2.45, 2.75) is 32.4 Å². The molecule has 0 saturated carbocycles. The maximum absolute atomic E-state index is 11.9. The summed E-state index contributed by atoms with van der Waals surface area (Å²) in [5.41, 5.74) is 2.23. The Morgan fingerprint density at radius 1 is 1.31 bits per heavy atom. The van der Waals surface area contributed by atoms with E-state index < -0.39 is 14.0 Å². The van der Waals surface area contributed by atoms with Crippen molar-refractivity contribution in [2.24, 2.45) is 0 Å². The smallest absolute Gasteiger partial charge is 0.356 e. The van der Waals surface area contributed by atoms with Crippen LogP contribution in [0, 0.1) is 0 Å². The van der Waals surface area contributed by atoms with Gasteiger partial charge in [-0.05, 0) is 12.1 Å². The summed E-state index contributed by atoms with van der Waals surface area (Å²) in [6.45, 7) is 8.14. The SMILES string of the molecule is COC(=O)c1[nH]ncc1-c1ncnc2c1ccn2COCC[Si](C)(C)C. The molecular weight excluding hydrogens is 350 g/mol.